The van der Waals surface area contributed by atoms with Gasteiger partial charge in [0.15, 0.2) is 5.16 Å². The number of rotatable bonds is 7. The highest BCUT2D eigenvalue weighted by molar-refractivity contribution is 7.99. The number of carbonyl (C=O) groups is 1. The van der Waals surface area contributed by atoms with E-state index in [9.17, 15) is 9.59 Å². The van der Waals surface area contributed by atoms with Crippen molar-refractivity contribution in [2.75, 3.05) is 5.75 Å². The first-order valence-electron chi connectivity index (χ1n) is 10.6. The SMILES string of the molecule is CC(C)CCn1c(SCC(=O)OC(C)(C)C)nc2c(-c3ccccc3)cn(C)c2c1=O. The van der Waals surface area contributed by atoms with Gasteiger partial charge in [-0.15, -0.1) is 0 Å². The minimum atomic E-state index is -0.549. The van der Waals surface area contributed by atoms with Crippen molar-refractivity contribution in [3.8, 4) is 11.1 Å². The molecule has 2 aromatic heterocycles. The largest absolute Gasteiger partial charge is 0.459 e. The molecule has 0 bridgehead atoms. The molecule has 0 saturated carbocycles. The molecule has 0 fully saturated rings. The zero-order chi connectivity index (χ0) is 22.8. The lowest BCUT2D eigenvalue weighted by molar-refractivity contribution is -0.151. The van der Waals surface area contributed by atoms with Crippen LogP contribution in [0.3, 0.4) is 0 Å². The van der Waals surface area contributed by atoms with Gasteiger partial charge in [0.2, 0.25) is 0 Å². The van der Waals surface area contributed by atoms with E-state index in [1.807, 2.05) is 68.9 Å². The number of carbonyl (C=O) groups excluding carboxylic acids is 1. The molecule has 0 saturated heterocycles. The molecular formula is C24H31N3O3S. The Hall–Kier alpha value is -2.54. The number of ether oxygens (including phenoxy) is 1. The van der Waals surface area contributed by atoms with Crippen molar-refractivity contribution in [3.63, 3.8) is 0 Å². The molecule has 7 heteroatoms. The van der Waals surface area contributed by atoms with Crippen LogP contribution in [0.4, 0.5) is 0 Å². The quantitative estimate of drug-likeness (QED) is 0.297. The summed E-state index contributed by atoms with van der Waals surface area (Å²) in [4.78, 5) is 30.6. The van der Waals surface area contributed by atoms with Crippen LogP contribution in [0.25, 0.3) is 22.2 Å². The van der Waals surface area contributed by atoms with Gasteiger partial charge in [-0.1, -0.05) is 55.9 Å². The zero-order valence-electron chi connectivity index (χ0n) is 19.1. The molecule has 166 valence electrons. The molecule has 2 heterocycles. The number of fused-ring (bicyclic) bond motifs is 1. The number of benzene rings is 1. The second-order valence-electron chi connectivity index (χ2n) is 9.13. The maximum absolute atomic E-state index is 13.5. The first-order chi connectivity index (χ1) is 14.6. The van der Waals surface area contributed by atoms with E-state index in [2.05, 4.69) is 13.8 Å². The van der Waals surface area contributed by atoms with Gasteiger partial charge < -0.3 is 9.30 Å². The van der Waals surface area contributed by atoms with Gasteiger partial charge in [0, 0.05) is 25.4 Å². The number of hydrogen-bond acceptors (Lipinski definition) is 5. The van der Waals surface area contributed by atoms with Gasteiger partial charge in [-0.2, -0.15) is 0 Å². The molecule has 0 aliphatic carbocycles. The molecule has 0 atom stereocenters. The van der Waals surface area contributed by atoms with Gasteiger partial charge in [0.1, 0.15) is 16.6 Å². The van der Waals surface area contributed by atoms with Crippen molar-refractivity contribution < 1.29 is 9.53 Å². The Morgan fingerprint density at radius 3 is 2.48 bits per heavy atom. The van der Waals surface area contributed by atoms with Crippen molar-refractivity contribution in [3.05, 3.63) is 46.9 Å². The molecule has 0 unspecified atom stereocenters. The Labute approximate surface area is 187 Å². The number of thioether (sulfide) groups is 1. The molecule has 0 spiro atoms. The summed E-state index contributed by atoms with van der Waals surface area (Å²) in [6.07, 6.45) is 2.80. The average Bonchev–Trinajstić information content (AvgIpc) is 3.01. The number of aromatic nitrogens is 3. The average molecular weight is 442 g/mol. The predicted octanol–water partition coefficient (Wildman–Crippen LogP) is 4.88. The zero-order valence-corrected chi connectivity index (χ0v) is 20.0. The van der Waals surface area contributed by atoms with Crippen LogP contribution in [-0.2, 0) is 23.1 Å². The molecule has 6 nitrogen and oxygen atoms in total. The Morgan fingerprint density at radius 1 is 1.19 bits per heavy atom. The van der Waals surface area contributed by atoms with Crippen LogP contribution >= 0.6 is 11.8 Å². The molecule has 0 aliphatic rings. The van der Waals surface area contributed by atoms with Crippen molar-refractivity contribution in [2.24, 2.45) is 13.0 Å². The Kier molecular flexibility index (Phi) is 6.94. The van der Waals surface area contributed by atoms with E-state index < -0.39 is 5.60 Å². The summed E-state index contributed by atoms with van der Waals surface area (Å²) in [6, 6.07) is 9.91. The Balaban J connectivity index is 2.07. The molecule has 31 heavy (non-hydrogen) atoms. The van der Waals surface area contributed by atoms with Crippen LogP contribution in [0.1, 0.15) is 41.0 Å². The first kappa shape index (κ1) is 23.1. The smallest absolute Gasteiger partial charge is 0.316 e. The fraction of sp³-hybridized carbons (Fsp3) is 0.458. The number of esters is 1. The molecule has 1 aromatic carbocycles. The molecular weight excluding hydrogens is 410 g/mol. The normalized spacial score (nSPS) is 12.0. The monoisotopic (exact) mass is 441 g/mol. The second kappa shape index (κ2) is 9.30. The van der Waals surface area contributed by atoms with E-state index in [-0.39, 0.29) is 17.3 Å². The third kappa shape index (κ3) is 5.58. The summed E-state index contributed by atoms with van der Waals surface area (Å²) in [7, 11) is 1.87. The van der Waals surface area contributed by atoms with E-state index in [1.54, 1.807) is 4.57 Å². The van der Waals surface area contributed by atoms with Crippen molar-refractivity contribution in [2.45, 2.75) is 58.3 Å². The molecule has 3 aromatic rings. The van der Waals surface area contributed by atoms with Gasteiger partial charge in [-0.25, -0.2) is 4.98 Å². The molecule has 0 radical (unpaired) electrons. The highest BCUT2D eigenvalue weighted by atomic mass is 32.2. The third-order valence-electron chi connectivity index (χ3n) is 4.79. The summed E-state index contributed by atoms with van der Waals surface area (Å²) < 4.78 is 8.98. The summed E-state index contributed by atoms with van der Waals surface area (Å²) in [5.41, 5.74) is 2.51. The fourth-order valence-corrected chi connectivity index (χ4v) is 4.16. The van der Waals surface area contributed by atoms with E-state index >= 15 is 0 Å². The standard InChI is InChI=1S/C24H31N3O3S/c1-16(2)12-13-27-22(29)21-20(18(14-26(21)6)17-10-8-7-9-11-17)25-23(27)31-15-19(28)30-24(3,4)5/h7-11,14,16H,12-13,15H2,1-6H3. The van der Waals surface area contributed by atoms with E-state index in [4.69, 9.17) is 9.72 Å². The van der Waals surface area contributed by atoms with Gasteiger partial charge >= 0.3 is 5.97 Å². The summed E-state index contributed by atoms with van der Waals surface area (Å²) in [6.45, 7) is 10.3. The lowest BCUT2D eigenvalue weighted by Gasteiger charge is -2.19. The topological polar surface area (TPSA) is 66.1 Å². The minimum absolute atomic E-state index is 0.0815. The fourth-order valence-electron chi connectivity index (χ4n) is 3.37. The predicted molar refractivity (Wildman–Crippen MR) is 126 cm³/mol. The molecule has 3 rings (SSSR count). The van der Waals surface area contributed by atoms with E-state index in [1.165, 1.54) is 11.8 Å². The lowest BCUT2D eigenvalue weighted by Crippen LogP contribution is -2.27. The van der Waals surface area contributed by atoms with Gasteiger partial charge in [-0.3, -0.25) is 14.2 Å². The van der Waals surface area contributed by atoms with Gasteiger partial charge in [-0.05, 0) is 38.7 Å². The van der Waals surface area contributed by atoms with Crippen LogP contribution in [0.2, 0.25) is 0 Å². The lowest BCUT2D eigenvalue weighted by atomic mass is 10.1. The molecule has 0 aliphatic heterocycles. The Bertz CT molecular complexity index is 1120. The van der Waals surface area contributed by atoms with Crippen LogP contribution in [0.5, 0.6) is 0 Å². The molecule has 0 N–H and O–H groups in total. The van der Waals surface area contributed by atoms with E-state index in [0.717, 1.165) is 17.5 Å². The first-order valence-corrected chi connectivity index (χ1v) is 11.6. The van der Waals surface area contributed by atoms with Crippen molar-refractivity contribution in [1.29, 1.82) is 0 Å². The van der Waals surface area contributed by atoms with Crippen LogP contribution in [0, 0.1) is 5.92 Å². The van der Waals surface area contributed by atoms with Gasteiger partial charge in [0.25, 0.3) is 5.56 Å². The summed E-state index contributed by atoms with van der Waals surface area (Å²) in [5.74, 6) is 0.225. The Morgan fingerprint density at radius 2 is 1.87 bits per heavy atom. The number of nitrogens with zero attached hydrogens (tertiary/aromatic N) is 3. The van der Waals surface area contributed by atoms with E-state index in [0.29, 0.717) is 28.7 Å². The van der Waals surface area contributed by atoms with Crippen LogP contribution in [0.15, 0.2) is 46.5 Å². The summed E-state index contributed by atoms with van der Waals surface area (Å²) >= 11 is 1.26. The van der Waals surface area contributed by atoms with Crippen molar-refractivity contribution >= 4 is 28.8 Å². The molecule has 0 amide bonds. The van der Waals surface area contributed by atoms with Crippen LogP contribution in [-0.4, -0.2) is 31.4 Å². The highest BCUT2D eigenvalue weighted by Gasteiger charge is 2.21. The highest BCUT2D eigenvalue weighted by Crippen LogP contribution is 2.29. The van der Waals surface area contributed by atoms with Crippen molar-refractivity contribution in [1.82, 2.24) is 14.1 Å². The maximum Gasteiger partial charge on any atom is 0.316 e. The van der Waals surface area contributed by atoms with Crippen LogP contribution < -0.4 is 5.56 Å². The maximum atomic E-state index is 13.5. The second-order valence-corrected chi connectivity index (χ2v) is 10.1. The number of hydrogen-bond donors (Lipinski definition) is 0. The minimum Gasteiger partial charge on any atom is -0.459 e. The number of aryl methyl sites for hydroxylation is 1. The third-order valence-corrected chi connectivity index (χ3v) is 5.74. The van der Waals surface area contributed by atoms with Gasteiger partial charge in [0.05, 0.1) is 5.75 Å². The summed E-state index contributed by atoms with van der Waals surface area (Å²) in [5, 5.41) is 0.549.